The van der Waals surface area contributed by atoms with Crippen molar-refractivity contribution in [2.75, 3.05) is 19.6 Å². The Labute approximate surface area is 139 Å². The van der Waals surface area contributed by atoms with Crippen molar-refractivity contribution in [3.63, 3.8) is 0 Å². The van der Waals surface area contributed by atoms with Gasteiger partial charge in [0.2, 0.25) is 5.91 Å². The van der Waals surface area contributed by atoms with Crippen molar-refractivity contribution in [3.05, 3.63) is 35.4 Å². The molecule has 1 aliphatic heterocycles. The first kappa shape index (κ1) is 18.3. The van der Waals surface area contributed by atoms with E-state index in [0.717, 1.165) is 16.0 Å². The topological polar surface area (TPSA) is 49.4 Å². The number of nitrogens with one attached hydrogen (secondary N) is 1. The fourth-order valence-corrected chi connectivity index (χ4v) is 2.73. The quantitative estimate of drug-likeness (QED) is 0.914. The van der Waals surface area contributed by atoms with E-state index in [-0.39, 0.29) is 31.3 Å². The van der Waals surface area contributed by atoms with Crippen molar-refractivity contribution in [1.82, 2.24) is 10.2 Å². The van der Waals surface area contributed by atoms with Crippen LogP contribution in [0.3, 0.4) is 0 Å². The molecule has 0 aromatic heterocycles. The number of aryl methyl sites for hydroxylation is 1. The molecule has 1 N–H and O–H groups in total. The summed E-state index contributed by atoms with van der Waals surface area (Å²) >= 11 is 0. The van der Waals surface area contributed by atoms with Crippen molar-refractivity contribution in [3.8, 4) is 0 Å². The lowest BCUT2D eigenvalue weighted by molar-refractivity contribution is -0.186. The molecule has 0 radical (unpaired) electrons. The first-order valence-electron chi connectivity index (χ1n) is 7.94. The molecule has 0 bridgehead atoms. The molecule has 7 heteroatoms. The van der Waals surface area contributed by atoms with Gasteiger partial charge in [0.1, 0.15) is 0 Å². The smallest absolute Gasteiger partial charge is 0.356 e. The maximum Gasteiger partial charge on any atom is 0.471 e. The molecule has 0 aliphatic carbocycles. The molecule has 4 nitrogen and oxygen atoms in total. The van der Waals surface area contributed by atoms with E-state index >= 15 is 0 Å². The second kappa shape index (κ2) is 7.68. The standard InChI is InChI=1S/C17H21F3N2O2/c1-12-2-4-13(5-3-12)10-15(23)21-11-14-6-8-22(9-7-14)16(24)17(18,19)20/h2-5,14H,6-11H2,1H3,(H,21,23). The summed E-state index contributed by atoms with van der Waals surface area (Å²) < 4.78 is 37.1. The van der Waals surface area contributed by atoms with Gasteiger partial charge in [-0.05, 0) is 31.2 Å². The molecule has 0 atom stereocenters. The summed E-state index contributed by atoms with van der Waals surface area (Å²) in [5.41, 5.74) is 2.04. The Morgan fingerprint density at radius 2 is 1.75 bits per heavy atom. The highest BCUT2D eigenvalue weighted by Gasteiger charge is 2.43. The second-order valence-corrected chi connectivity index (χ2v) is 6.20. The molecule has 132 valence electrons. The predicted octanol–water partition coefficient (Wildman–Crippen LogP) is 2.45. The van der Waals surface area contributed by atoms with Gasteiger partial charge in [-0.2, -0.15) is 13.2 Å². The molecule has 0 unspecified atom stereocenters. The summed E-state index contributed by atoms with van der Waals surface area (Å²) in [6.45, 7) is 2.56. The second-order valence-electron chi connectivity index (χ2n) is 6.20. The molecule has 1 aromatic carbocycles. The van der Waals surface area contributed by atoms with E-state index < -0.39 is 12.1 Å². The molecular formula is C17H21F3N2O2. The molecule has 1 saturated heterocycles. The number of benzene rings is 1. The highest BCUT2D eigenvalue weighted by molar-refractivity contribution is 5.82. The number of alkyl halides is 3. The molecule has 1 aliphatic rings. The van der Waals surface area contributed by atoms with Crippen LogP contribution in [0.15, 0.2) is 24.3 Å². The Morgan fingerprint density at radius 1 is 1.17 bits per heavy atom. The molecule has 2 rings (SSSR count). The van der Waals surface area contributed by atoms with E-state index in [0.29, 0.717) is 19.4 Å². The van der Waals surface area contributed by atoms with Crippen LogP contribution in [0.4, 0.5) is 13.2 Å². The number of hydrogen-bond donors (Lipinski definition) is 1. The van der Waals surface area contributed by atoms with Gasteiger partial charge >= 0.3 is 12.1 Å². The van der Waals surface area contributed by atoms with Gasteiger partial charge in [0.05, 0.1) is 6.42 Å². The Bertz CT molecular complexity index is 576. The third-order valence-corrected chi connectivity index (χ3v) is 4.22. The Hall–Kier alpha value is -2.05. The Morgan fingerprint density at radius 3 is 2.29 bits per heavy atom. The number of rotatable bonds is 4. The summed E-state index contributed by atoms with van der Waals surface area (Å²) in [5.74, 6) is -1.78. The average Bonchev–Trinajstić information content (AvgIpc) is 2.54. The van der Waals surface area contributed by atoms with Gasteiger partial charge in [-0.1, -0.05) is 29.8 Å². The van der Waals surface area contributed by atoms with E-state index in [1.807, 2.05) is 31.2 Å². The minimum atomic E-state index is -4.81. The molecule has 1 aromatic rings. The van der Waals surface area contributed by atoms with Crippen LogP contribution in [0.25, 0.3) is 0 Å². The number of likely N-dealkylation sites (tertiary alicyclic amines) is 1. The highest BCUT2D eigenvalue weighted by Crippen LogP contribution is 2.23. The summed E-state index contributed by atoms with van der Waals surface area (Å²) in [6.07, 6.45) is -3.60. The predicted molar refractivity (Wildman–Crippen MR) is 83.3 cm³/mol. The molecule has 0 spiro atoms. The lowest BCUT2D eigenvalue weighted by atomic mass is 9.96. The van der Waals surface area contributed by atoms with Crippen molar-refractivity contribution in [1.29, 1.82) is 0 Å². The van der Waals surface area contributed by atoms with Gasteiger partial charge in [0.15, 0.2) is 0 Å². The van der Waals surface area contributed by atoms with Crippen LogP contribution in [-0.2, 0) is 16.0 Å². The van der Waals surface area contributed by atoms with Crippen molar-refractivity contribution in [2.24, 2.45) is 5.92 Å². The number of carbonyl (C=O) groups is 2. The van der Waals surface area contributed by atoms with E-state index in [2.05, 4.69) is 5.32 Å². The highest BCUT2D eigenvalue weighted by atomic mass is 19.4. The van der Waals surface area contributed by atoms with E-state index in [4.69, 9.17) is 0 Å². The lowest BCUT2D eigenvalue weighted by Crippen LogP contribution is -2.46. The fourth-order valence-electron chi connectivity index (χ4n) is 2.73. The molecule has 0 saturated carbocycles. The zero-order valence-electron chi connectivity index (χ0n) is 13.5. The van der Waals surface area contributed by atoms with Crippen molar-refractivity contribution < 1.29 is 22.8 Å². The van der Waals surface area contributed by atoms with Gasteiger partial charge in [0.25, 0.3) is 0 Å². The van der Waals surface area contributed by atoms with Crippen LogP contribution in [0, 0.1) is 12.8 Å². The number of amides is 2. The average molecular weight is 342 g/mol. The number of piperidine rings is 1. The normalized spacial score (nSPS) is 16.1. The van der Waals surface area contributed by atoms with Gasteiger partial charge in [0, 0.05) is 19.6 Å². The fraction of sp³-hybridized carbons (Fsp3) is 0.529. The molecular weight excluding hydrogens is 321 g/mol. The third-order valence-electron chi connectivity index (χ3n) is 4.22. The van der Waals surface area contributed by atoms with E-state index in [1.54, 1.807) is 0 Å². The number of carbonyl (C=O) groups excluding carboxylic acids is 2. The third kappa shape index (κ3) is 5.25. The van der Waals surface area contributed by atoms with Crippen LogP contribution in [0.5, 0.6) is 0 Å². The first-order chi connectivity index (χ1) is 11.3. The van der Waals surface area contributed by atoms with Crippen LogP contribution in [0.1, 0.15) is 24.0 Å². The van der Waals surface area contributed by atoms with Crippen molar-refractivity contribution in [2.45, 2.75) is 32.4 Å². The van der Waals surface area contributed by atoms with Crippen LogP contribution in [-0.4, -0.2) is 42.5 Å². The largest absolute Gasteiger partial charge is 0.471 e. The van der Waals surface area contributed by atoms with Gasteiger partial charge in [-0.3, -0.25) is 9.59 Å². The van der Waals surface area contributed by atoms with Gasteiger partial charge in [-0.15, -0.1) is 0 Å². The van der Waals surface area contributed by atoms with Crippen LogP contribution >= 0.6 is 0 Å². The first-order valence-corrected chi connectivity index (χ1v) is 7.94. The minimum Gasteiger partial charge on any atom is -0.356 e. The summed E-state index contributed by atoms with van der Waals surface area (Å²) in [7, 11) is 0. The van der Waals surface area contributed by atoms with Crippen LogP contribution in [0.2, 0.25) is 0 Å². The maximum absolute atomic E-state index is 12.4. The maximum atomic E-state index is 12.4. The number of halogens is 3. The van der Waals surface area contributed by atoms with E-state index in [9.17, 15) is 22.8 Å². The van der Waals surface area contributed by atoms with E-state index in [1.165, 1.54) is 0 Å². The lowest BCUT2D eigenvalue weighted by Gasteiger charge is -2.32. The minimum absolute atomic E-state index is 0.0802. The molecule has 1 heterocycles. The summed E-state index contributed by atoms with van der Waals surface area (Å²) in [4.78, 5) is 23.9. The number of nitrogens with zero attached hydrogens (tertiary/aromatic N) is 1. The monoisotopic (exact) mass is 342 g/mol. The summed E-state index contributed by atoms with van der Waals surface area (Å²) in [5, 5.41) is 2.83. The van der Waals surface area contributed by atoms with Gasteiger partial charge < -0.3 is 10.2 Å². The number of hydrogen-bond acceptors (Lipinski definition) is 2. The SMILES string of the molecule is Cc1ccc(CC(=O)NCC2CCN(C(=O)C(F)(F)F)CC2)cc1. The van der Waals surface area contributed by atoms with Gasteiger partial charge in [-0.25, -0.2) is 0 Å². The molecule has 24 heavy (non-hydrogen) atoms. The van der Waals surface area contributed by atoms with Crippen molar-refractivity contribution >= 4 is 11.8 Å². The molecule has 2 amide bonds. The zero-order valence-corrected chi connectivity index (χ0v) is 13.5. The molecule has 1 fully saturated rings. The Balaban J connectivity index is 1.71. The zero-order chi connectivity index (χ0) is 17.7. The Kier molecular flexibility index (Phi) is 5.85. The summed E-state index contributed by atoms with van der Waals surface area (Å²) in [6, 6.07) is 7.68. The van der Waals surface area contributed by atoms with Crippen LogP contribution < -0.4 is 5.32 Å².